The smallest absolute Gasteiger partial charge is 0.115 e. The normalized spacial score (nSPS) is 16.6. The van der Waals surface area contributed by atoms with Crippen molar-refractivity contribution in [3.05, 3.63) is 125 Å². The molecule has 3 aromatic rings. The molecule has 0 unspecified atom stereocenters. The molecule has 28 heavy (non-hydrogen) atoms. The average Bonchev–Trinajstić information content (AvgIpc) is 2.83. The zero-order valence-electron chi connectivity index (χ0n) is 15.3. The molecule has 0 radical (unpaired) electrons. The fraction of sp³-hybridized carbons (Fsp3) is 0.0769. The molecule has 5 rings (SSSR count). The van der Waals surface area contributed by atoms with Crippen LogP contribution in [0, 0.1) is 0 Å². The largest absolute Gasteiger partial charge is 0.508 e. The molecule has 3 aromatic carbocycles. The highest BCUT2D eigenvalue weighted by Gasteiger charge is 2.46. The first kappa shape index (κ1) is 16.6. The van der Waals surface area contributed by atoms with Crippen LogP contribution in [0.15, 0.2) is 103 Å². The van der Waals surface area contributed by atoms with E-state index in [0.717, 1.165) is 23.1 Å². The summed E-state index contributed by atoms with van der Waals surface area (Å²) in [5.74, 6) is 0.466. The fourth-order valence-corrected chi connectivity index (χ4v) is 4.65. The van der Waals surface area contributed by atoms with Crippen LogP contribution in [-0.2, 0) is 5.41 Å². The van der Waals surface area contributed by atoms with E-state index in [1.165, 1.54) is 16.7 Å². The number of fused-ring (bicyclic) bond motifs is 2. The van der Waals surface area contributed by atoms with Crippen molar-refractivity contribution in [2.24, 2.45) is 0 Å². The van der Waals surface area contributed by atoms with Gasteiger partial charge in [0.25, 0.3) is 0 Å². The first-order valence-corrected chi connectivity index (χ1v) is 9.48. The molecule has 2 aliphatic carbocycles. The zero-order chi connectivity index (χ0) is 19.1. The lowest BCUT2D eigenvalue weighted by atomic mass is 9.66. The van der Waals surface area contributed by atoms with Crippen LogP contribution in [0.5, 0.6) is 11.5 Å². The Bertz CT molecular complexity index is 1120. The first-order valence-electron chi connectivity index (χ1n) is 9.48. The molecule has 0 amide bonds. The van der Waals surface area contributed by atoms with Gasteiger partial charge in [-0.05, 0) is 64.1 Å². The fourth-order valence-electron chi connectivity index (χ4n) is 4.65. The minimum atomic E-state index is -0.603. The van der Waals surface area contributed by atoms with E-state index in [1.54, 1.807) is 12.1 Å². The van der Waals surface area contributed by atoms with E-state index in [1.807, 2.05) is 24.3 Å². The molecular weight excluding hydrogens is 344 g/mol. The van der Waals surface area contributed by atoms with Crippen LogP contribution in [0.3, 0.4) is 0 Å². The van der Waals surface area contributed by atoms with E-state index in [9.17, 15) is 10.2 Å². The first-order chi connectivity index (χ1) is 13.7. The summed E-state index contributed by atoms with van der Waals surface area (Å²) in [5, 5.41) is 20.6. The molecule has 2 heteroatoms. The topological polar surface area (TPSA) is 40.5 Å². The number of phenolic OH excluding ortho intramolecular Hbond substituents is 2. The van der Waals surface area contributed by atoms with Crippen LogP contribution in [0.4, 0.5) is 0 Å². The summed E-state index contributed by atoms with van der Waals surface area (Å²) in [6.45, 7) is 0. The van der Waals surface area contributed by atoms with Gasteiger partial charge in [0.2, 0.25) is 0 Å². The Kier molecular flexibility index (Phi) is 3.73. The summed E-state index contributed by atoms with van der Waals surface area (Å²) in [4.78, 5) is 0. The quantitative estimate of drug-likeness (QED) is 0.611. The van der Waals surface area contributed by atoms with Crippen molar-refractivity contribution in [2.75, 3.05) is 0 Å². The lowest BCUT2D eigenvalue weighted by Crippen LogP contribution is -2.29. The number of hydrogen-bond donors (Lipinski definition) is 2. The average molecular weight is 364 g/mol. The van der Waals surface area contributed by atoms with Gasteiger partial charge in [-0.1, -0.05) is 72.8 Å². The van der Waals surface area contributed by atoms with Crippen molar-refractivity contribution in [3.63, 3.8) is 0 Å². The van der Waals surface area contributed by atoms with Crippen molar-refractivity contribution >= 4 is 5.57 Å². The van der Waals surface area contributed by atoms with Gasteiger partial charge in [0.15, 0.2) is 0 Å². The molecule has 0 heterocycles. The number of phenols is 2. The molecule has 0 spiro atoms. The van der Waals surface area contributed by atoms with Crippen molar-refractivity contribution in [1.82, 2.24) is 0 Å². The summed E-state index contributed by atoms with van der Waals surface area (Å²) < 4.78 is 0. The van der Waals surface area contributed by atoms with Crippen molar-refractivity contribution < 1.29 is 10.2 Å². The maximum absolute atomic E-state index is 10.3. The number of benzene rings is 3. The molecule has 0 bridgehead atoms. The van der Waals surface area contributed by atoms with Gasteiger partial charge in [0.05, 0.1) is 5.41 Å². The molecule has 2 N–H and O–H groups in total. The molecule has 0 saturated heterocycles. The Hall–Kier alpha value is -3.52. The molecule has 2 nitrogen and oxygen atoms in total. The Balaban J connectivity index is 1.97. The maximum atomic E-state index is 10.3. The summed E-state index contributed by atoms with van der Waals surface area (Å²) in [5.41, 5.74) is 6.06. The lowest BCUT2D eigenvalue weighted by molar-refractivity contribution is 0.472. The van der Waals surface area contributed by atoms with Crippen LogP contribution < -0.4 is 0 Å². The highest BCUT2D eigenvalue weighted by atomic mass is 16.3. The van der Waals surface area contributed by atoms with E-state index in [4.69, 9.17) is 0 Å². The molecule has 136 valence electrons. The van der Waals surface area contributed by atoms with Gasteiger partial charge >= 0.3 is 0 Å². The van der Waals surface area contributed by atoms with E-state index >= 15 is 0 Å². The Morgan fingerprint density at radius 1 is 0.679 bits per heavy atom. The van der Waals surface area contributed by atoms with Crippen molar-refractivity contribution in [2.45, 2.75) is 11.8 Å². The molecule has 0 atom stereocenters. The Morgan fingerprint density at radius 3 is 2.00 bits per heavy atom. The monoisotopic (exact) mass is 364 g/mol. The van der Waals surface area contributed by atoms with Crippen LogP contribution in [-0.4, -0.2) is 10.2 Å². The molecular formula is C26H20O2. The van der Waals surface area contributed by atoms with Crippen LogP contribution >= 0.6 is 0 Å². The van der Waals surface area contributed by atoms with E-state index in [-0.39, 0.29) is 11.5 Å². The highest BCUT2D eigenvalue weighted by Crippen LogP contribution is 2.56. The second-order valence-electron chi connectivity index (χ2n) is 7.26. The second-order valence-corrected chi connectivity index (χ2v) is 7.26. The molecule has 2 aliphatic rings. The predicted octanol–water partition coefficient (Wildman–Crippen LogP) is 5.72. The third-order valence-electron chi connectivity index (χ3n) is 5.71. The van der Waals surface area contributed by atoms with Crippen molar-refractivity contribution in [3.8, 4) is 11.5 Å². The van der Waals surface area contributed by atoms with Crippen LogP contribution in [0.1, 0.15) is 28.7 Å². The summed E-state index contributed by atoms with van der Waals surface area (Å²) in [7, 11) is 0. The Morgan fingerprint density at radius 2 is 1.32 bits per heavy atom. The van der Waals surface area contributed by atoms with Crippen molar-refractivity contribution in [1.29, 1.82) is 0 Å². The second kappa shape index (κ2) is 6.28. The summed E-state index contributed by atoms with van der Waals surface area (Å²) >= 11 is 0. The molecule has 0 saturated carbocycles. The highest BCUT2D eigenvalue weighted by molar-refractivity contribution is 5.92. The maximum Gasteiger partial charge on any atom is 0.115 e. The molecule has 0 aliphatic heterocycles. The van der Waals surface area contributed by atoms with Gasteiger partial charge < -0.3 is 10.2 Å². The zero-order valence-corrected chi connectivity index (χ0v) is 15.3. The minimum absolute atomic E-state index is 0.233. The number of rotatable bonds is 2. The predicted molar refractivity (Wildman–Crippen MR) is 112 cm³/mol. The third kappa shape index (κ3) is 2.28. The minimum Gasteiger partial charge on any atom is -0.508 e. The van der Waals surface area contributed by atoms with Crippen LogP contribution in [0.2, 0.25) is 0 Å². The van der Waals surface area contributed by atoms with Crippen LogP contribution in [0.25, 0.3) is 5.57 Å². The van der Waals surface area contributed by atoms with Gasteiger partial charge in [-0.15, -0.1) is 0 Å². The number of hydrogen-bond acceptors (Lipinski definition) is 2. The molecule has 0 fully saturated rings. The summed E-state index contributed by atoms with van der Waals surface area (Å²) in [6, 6.07) is 23.3. The number of aromatic hydroxyl groups is 2. The van der Waals surface area contributed by atoms with Gasteiger partial charge in [0.1, 0.15) is 11.5 Å². The van der Waals surface area contributed by atoms with E-state index in [2.05, 4.69) is 60.7 Å². The van der Waals surface area contributed by atoms with Gasteiger partial charge in [-0.2, -0.15) is 0 Å². The Labute approximate surface area is 164 Å². The standard InChI is InChI=1S/C26H20O2/c27-20-10-6-8-18(16-20)26(19-9-7-11-21(28)17-19)24-14-3-1-2-12-22(24)23-13-4-5-15-25(23)26/h2-17,27-28H,1H2. The SMILES string of the molecule is Oc1cccc(C2(c3cccc(O)c3)C3=C(C=CCC=C3)c3ccccc32)c1. The van der Waals surface area contributed by atoms with E-state index in [0.29, 0.717) is 0 Å². The van der Waals surface area contributed by atoms with Gasteiger partial charge in [-0.3, -0.25) is 0 Å². The summed E-state index contributed by atoms with van der Waals surface area (Å²) in [6.07, 6.45) is 9.62. The van der Waals surface area contributed by atoms with Gasteiger partial charge in [0, 0.05) is 0 Å². The third-order valence-corrected chi connectivity index (χ3v) is 5.71. The molecule has 0 aromatic heterocycles. The number of allylic oxidation sites excluding steroid dienone is 6. The van der Waals surface area contributed by atoms with Gasteiger partial charge in [-0.25, -0.2) is 0 Å². The lowest BCUT2D eigenvalue weighted by Gasteiger charge is -2.35. The van der Waals surface area contributed by atoms with E-state index < -0.39 is 5.41 Å².